The zero-order chi connectivity index (χ0) is 24.9. The minimum absolute atomic E-state index is 0.0372. The van der Waals surface area contributed by atoms with Crippen LogP contribution in [0.15, 0.2) is 30.4 Å². The van der Waals surface area contributed by atoms with Crippen LogP contribution in [0, 0.1) is 0 Å². The number of amides is 1. The molecule has 1 aliphatic heterocycles. The van der Waals surface area contributed by atoms with Crippen molar-refractivity contribution in [1.82, 2.24) is 15.5 Å². The van der Waals surface area contributed by atoms with Crippen LogP contribution >= 0.6 is 0 Å². The molecule has 1 aromatic carbocycles. The van der Waals surface area contributed by atoms with Crippen molar-refractivity contribution in [2.45, 2.75) is 56.0 Å². The van der Waals surface area contributed by atoms with Crippen molar-refractivity contribution < 1.29 is 31.5 Å². The first kappa shape index (κ1) is 25.2. The molecule has 0 saturated carbocycles. The Kier molecular flexibility index (Phi) is 6.18. The Bertz CT molecular complexity index is 1180. The smallest absolute Gasteiger partial charge is 0.388 e. The molecule has 2 atom stereocenters. The number of aromatic nitrogens is 2. The molecule has 0 bridgehead atoms. The Labute approximate surface area is 189 Å². The maximum atomic E-state index is 14.2. The number of nitrogens with zero attached hydrogens (tertiary/aromatic N) is 1. The molecule has 5 N–H and O–H groups in total. The second-order valence-electron chi connectivity index (χ2n) is 9.03. The Morgan fingerprint density at radius 2 is 1.97 bits per heavy atom. The fourth-order valence-corrected chi connectivity index (χ4v) is 4.90. The number of primary amides is 1. The summed E-state index contributed by atoms with van der Waals surface area (Å²) >= 11 is 0. The number of carbonyl (C=O) groups excluding carboxylic acids is 1. The van der Waals surface area contributed by atoms with Gasteiger partial charge in [-0.1, -0.05) is 18.2 Å². The number of carbonyl (C=O) groups is 1. The summed E-state index contributed by atoms with van der Waals surface area (Å²) < 4.78 is 65.5. The number of H-pyrrole nitrogens is 1. The lowest BCUT2D eigenvalue weighted by Gasteiger charge is -2.50. The van der Waals surface area contributed by atoms with Gasteiger partial charge in [-0.25, -0.2) is 8.42 Å². The summed E-state index contributed by atoms with van der Waals surface area (Å²) in [4.78, 5) is 12.6. The molecule has 1 aromatic heterocycles. The number of aromatic amines is 1. The number of sulfone groups is 1. The van der Waals surface area contributed by atoms with Crippen LogP contribution in [0.1, 0.15) is 37.9 Å². The summed E-state index contributed by atoms with van der Waals surface area (Å²) in [5.74, 6) is -1.07. The number of hydrogen-bond acceptors (Lipinski definition) is 6. The zero-order valence-corrected chi connectivity index (χ0v) is 19.3. The van der Waals surface area contributed by atoms with Crippen molar-refractivity contribution in [3.05, 3.63) is 41.6 Å². The molecule has 3 rings (SSSR count). The molecule has 8 nitrogen and oxygen atoms in total. The van der Waals surface area contributed by atoms with E-state index in [-0.39, 0.29) is 17.7 Å². The standard InChI is InChI=1S/C21H27F3N4O4S/c1-18(2,30)20(21(22,23)24)10-5-9-19(28-20,17(25)29)13-7-8-16-14(12-13)15(26-27-16)6-4-11-33(3,31)32/h5,7-8,10,12,28,30H,4,6,9,11H2,1-3H3,(H2,25,29)(H,26,27). The van der Waals surface area contributed by atoms with Gasteiger partial charge in [0.2, 0.25) is 5.91 Å². The average molecular weight is 489 g/mol. The van der Waals surface area contributed by atoms with Gasteiger partial charge in [0.25, 0.3) is 0 Å². The van der Waals surface area contributed by atoms with Crippen molar-refractivity contribution in [2.24, 2.45) is 5.73 Å². The summed E-state index contributed by atoms with van der Waals surface area (Å²) in [6.45, 7) is 2.02. The molecule has 0 saturated heterocycles. The average Bonchev–Trinajstić information content (AvgIpc) is 3.07. The molecule has 1 aliphatic rings. The summed E-state index contributed by atoms with van der Waals surface area (Å²) in [5, 5.41) is 20.4. The summed E-state index contributed by atoms with van der Waals surface area (Å²) in [6.07, 6.45) is -1.31. The van der Waals surface area contributed by atoms with Crippen molar-refractivity contribution in [1.29, 1.82) is 0 Å². The zero-order valence-electron chi connectivity index (χ0n) is 18.5. The highest BCUT2D eigenvalue weighted by molar-refractivity contribution is 7.90. The van der Waals surface area contributed by atoms with Crippen LogP contribution in [0.25, 0.3) is 10.9 Å². The second kappa shape index (κ2) is 8.10. The van der Waals surface area contributed by atoms with E-state index in [0.29, 0.717) is 29.4 Å². The highest BCUT2D eigenvalue weighted by Gasteiger charge is 2.66. The number of aryl methyl sites for hydroxylation is 1. The monoisotopic (exact) mass is 488 g/mol. The molecule has 2 aromatic rings. The number of nitrogens with two attached hydrogens (primary N) is 1. The van der Waals surface area contributed by atoms with Gasteiger partial charge in [0.05, 0.1) is 16.9 Å². The van der Waals surface area contributed by atoms with Gasteiger partial charge >= 0.3 is 6.18 Å². The minimum Gasteiger partial charge on any atom is -0.388 e. The van der Waals surface area contributed by atoms with E-state index in [1.54, 1.807) is 6.07 Å². The highest BCUT2D eigenvalue weighted by Crippen LogP contribution is 2.46. The lowest BCUT2D eigenvalue weighted by Crippen LogP contribution is -2.75. The maximum Gasteiger partial charge on any atom is 0.413 e. The fraction of sp³-hybridized carbons (Fsp3) is 0.524. The number of alkyl halides is 3. The predicted molar refractivity (Wildman–Crippen MR) is 117 cm³/mol. The second-order valence-corrected chi connectivity index (χ2v) is 11.3. The van der Waals surface area contributed by atoms with E-state index < -0.39 is 38.6 Å². The third-order valence-electron chi connectivity index (χ3n) is 6.10. The number of hydrogen-bond donors (Lipinski definition) is 4. The van der Waals surface area contributed by atoms with E-state index in [1.807, 2.05) is 0 Å². The number of benzene rings is 1. The van der Waals surface area contributed by atoms with Gasteiger partial charge in [-0.3, -0.25) is 15.2 Å². The van der Waals surface area contributed by atoms with E-state index in [4.69, 9.17) is 5.73 Å². The largest absolute Gasteiger partial charge is 0.413 e. The summed E-state index contributed by atoms with van der Waals surface area (Å²) in [6, 6.07) is 4.54. The van der Waals surface area contributed by atoms with Gasteiger partial charge in [0.15, 0.2) is 5.54 Å². The molecule has 182 valence electrons. The van der Waals surface area contributed by atoms with Crippen LogP contribution in [0.2, 0.25) is 0 Å². The van der Waals surface area contributed by atoms with Crippen molar-refractivity contribution in [3.8, 4) is 0 Å². The quantitative estimate of drug-likeness (QED) is 0.439. The Balaban J connectivity index is 2.10. The van der Waals surface area contributed by atoms with Crippen molar-refractivity contribution in [3.63, 3.8) is 0 Å². The van der Waals surface area contributed by atoms with Gasteiger partial charge in [-0.2, -0.15) is 18.3 Å². The molecule has 0 aliphatic carbocycles. The van der Waals surface area contributed by atoms with Crippen molar-refractivity contribution >= 4 is 26.6 Å². The van der Waals surface area contributed by atoms with Crippen LogP contribution in [0.3, 0.4) is 0 Å². The maximum absolute atomic E-state index is 14.2. The SMILES string of the molecule is CC(C)(O)C1(C(F)(F)F)C=CCC(C(N)=O)(c2ccc3n[nH]c(CCCS(C)(=O)=O)c3c2)N1. The molecule has 12 heteroatoms. The van der Waals surface area contributed by atoms with Crippen LogP contribution < -0.4 is 11.1 Å². The van der Waals surface area contributed by atoms with Crippen molar-refractivity contribution in [2.75, 3.05) is 12.0 Å². The van der Waals surface area contributed by atoms with E-state index in [2.05, 4.69) is 15.5 Å². The minimum atomic E-state index is -4.95. The van der Waals surface area contributed by atoms with Gasteiger partial charge in [-0.15, -0.1) is 0 Å². The first-order valence-electron chi connectivity index (χ1n) is 10.2. The third-order valence-corrected chi connectivity index (χ3v) is 7.13. The highest BCUT2D eigenvalue weighted by atomic mass is 32.2. The van der Waals surface area contributed by atoms with Gasteiger partial charge < -0.3 is 10.8 Å². The first-order valence-corrected chi connectivity index (χ1v) is 12.3. The van der Waals surface area contributed by atoms with Crippen LogP contribution in [-0.2, 0) is 26.6 Å². The molecule has 2 heterocycles. The Morgan fingerprint density at radius 3 is 2.52 bits per heavy atom. The molecule has 1 amide bonds. The first-order chi connectivity index (χ1) is 15.0. The number of fused-ring (bicyclic) bond motifs is 1. The topological polar surface area (TPSA) is 138 Å². The molecular formula is C21H27F3N4O4S. The molecule has 33 heavy (non-hydrogen) atoms. The predicted octanol–water partition coefficient (Wildman–Crippen LogP) is 1.84. The van der Waals surface area contributed by atoms with Gasteiger partial charge in [0, 0.05) is 17.3 Å². The summed E-state index contributed by atoms with van der Waals surface area (Å²) in [5.41, 5.74) is -0.291. The molecule has 0 radical (unpaired) electrons. The van der Waals surface area contributed by atoms with Gasteiger partial charge in [0.1, 0.15) is 15.4 Å². The lowest BCUT2D eigenvalue weighted by atomic mass is 9.72. The van der Waals surface area contributed by atoms with Crippen LogP contribution in [-0.4, -0.2) is 59.0 Å². The lowest BCUT2D eigenvalue weighted by molar-refractivity contribution is -0.234. The van der Waals surface area contributed by atoms with Crippen LogP contribution in [0.4, 0.5) is 13.2 Å². The molecule has 0 spiro atoms. The van der Waals surface area contributed by atoms with E-state index in [1.165, 1.54) is 18.2 Å². The van der Waals surface area contributed by atoms with E-state index >= 15 is 0 Å². The van der Waals surface area contributed by atoms with Gasteiger partial charge in [-0.05, 0) is 50.8 Å². The number of nitrogens with one attached hydrogen (secondary N) is 2. The Hall–Kier alpha value is -2.44. The fourth-order valence-electron chi connectivity index (χ4n) is 4.24. The van der Waals surface area contributed by atoms with E-state index in [9.17, 15) is 31.5 Å². The van der Waals surface area contributed by atoms with E-state index in [0.717, 1.165) is 26.2 Å². The normalized spacial score (nSPS) is 24.3. The molecular weight excluding hydrogens is 461 g/mol. The summed E-state index contributed by atoms with van der Waals surface area (Å²) in [7, 11) is -3.16. The number of aliphatic hydroxyl groups is 1. The third kappa shape index (κ3) is 4.51. The molecule has 2 unspecified atom stereocenters. The number of halogens is 3. The molecule has 0 fully saturated rings. The van der Waals surface area contributed by atoms with Crippen LogP contribution in [0.5, 0.6) is 0 Å². The number of rotatable bonds is 7. The Morgan fingerprint density at radius 1 is 1.30 bits per heavy atom.